The van der Waals surface area contributed by atoms with Gasteiger partial charge >= 0.3 is 11.7 Å². The number of thiazole rings is 1. The minimum Gasteiger partial charge on any atom is -0.462 e. The Morgan fingerprint density at radius 1 is 1.39 bits per heavy atom. The van der Waals surface area contributed by atoms with Crippen LogP contribution in [0.3, 0.4) is 0 Å². The fourth-order valence-corrected chi connectivity index (χ4v) is 3.70. The average molecular weight is 418 g/mol. The molecule has 0 fully saturated rings. The molecular formula is C16H14N6O4S2. The largest absolute Gasteiger partial charge is 0.462 e. The van der Waals surface area contributed by atoms with Crippen LogP contribution in [0.2, 0.25) is 0 Å². The maximum absolute atomic E-state index is 12.4. The number of nitrogen functional groups attached to an aromatic ring is 1. The quantitative estimate of drug-likeness (QED) is 0.266. The van der Waals surface area contributed by atoms with Crippen LogP contribution in [-0.2, 0) is 4.74 Å². The number of nitrogens with two attached hydrogens (primary N) is 1. The number of aromatic nitrogens is 3. The molecule has 12 heteroatoms. The zero-order valence-corrected chi connectivity index (χ0v) is 16.1. The van der Waals surface area contributed by atoms with Gasteiger partial charge in [0.25, 0.3) is 0 Å². The van der Waals surface area contributed by atoms with Crippen molar-refractivity contribution in [1.82, 2.24) is 14.5 Å². The molecule has 0 aliphatic rings. The molecule has 10 nitrogen and oxygen atoms in total. The summed E-state index contributed by atoms with van der Waals surface area (Å²) in [5, 5.41) is 14.2. The molecule has 0 aliphatic carbocycles. The Kier molecular flexibility index (Phi) is 5.61. The Hall–Kier alpha value is -3.38. The highest BCUT2D eigenvalue weighted by Crippen LogP contribution is 2.35. The van der Waals surface area contributed by atoms with Gasteiger partial charge in [-0.05, 0) is 31.3 Å². The molecule has 0 amide bonds. The van der Waals surface area contributed by atoms with Gasteiger partial charge in [0, 0.05) is 5.69 Å². The summed E-state index contributed by atoms with van der Waals surface area (Å²) in [6, 6.07) is 8.99. The molecule has 0 atom stereocenters. The molecule has 0 saturated carbocycles. The molecular weight excluding hydrogens is 404 g/mol. The first kappa shape index (κ1) is 19.4. The van der Waals surface area contributed by atoms with Crippen LogP contribution in [0.15, 0.2) is 36.7 Å². The summed E-state index contributed by atoms with van der Waals surface area (Å²) >= 11 is 6.43. The van der Waals surface area contributed by atoms with E-state index in [2.05, 4.69) is 15.3 Å². The van der Waals surface area contributed by atoms with Crippen LogP contribution < -0.4 is 11.1 Å². The lowest BCUT2D eigenvalue weighted by Crippen LogP contribution is -2.11. The number of carbonyl (C=O) groups is 1. The van der Waals surface area contributed by atoms with Crippen LogP contribution in [0, 0.1) is 14.1 Å². The van der Waals surface area contributed by atoms with Gasteiger partial charge in [-0.15, -0.1) is 0 Å². The number of nitrogens with zero attached hydrogens (tertiary/aromatic N) is 4. The molecule has 2 aromatic heterocycles. The Morgan fingerprint density at radius 3 is 2.75 bits per heavy atom. The van der Waals surface area contributed by atoms with Gasteiger partial charge in [-0.25, -0.2) is 14.8 Å². The van der Waals surface area contributed by atoms with Crippen molar-refractivity contribution in [3.63, 3.8) is 0 Å². The summed E-state index contributed by atoms with van der Waals surface area (Å²) in [5.74, 6) is -0.887. The van der Waals surface area contributed by atoms with Crippen LogP contribution in [-0.4, -0.2) is 32.0 Å². The van der Waals surface area contributed by atoms with Crippen LogP contribution in [0.5, 0.6) is 0 Å². The first-order valence-corrected chi connectivity index (χ1v) is 9.16. The highest BCUT2D eigenvalue weighted by Gasteiger charge is 2.27. The van der Waals surface area contributed by atoms with Crippen molar-refractivity contribution in [2.75, 3.05) is 17.7 Å². The zero-order valence-electron chi connectivity index (χ0n) is 14.5. The van der Waals surface area contributed by atoms with Crippen molar-refractivity contribution in [1.29, 1.82) is 0 Å². The van der Waals surface area contributed by atoms with E-state index in [4.69, 9.17) is 22.7 Å². The van der Waals surface area contributed by atoms with Gasteiger partial charge in [0.15, 0.2) is 8.83 Å². The molecule has 3 N–H and O–H groups in total. The Bertz CT molecular complexity index is 1100. The van der Waals surface area contributed by atoms with Gasteiger partial charge in [-0.1, -0.05) is 29.5 Å². The Balaban J connectivity index is 2.22. The minimum absolute atomic E-state index is 0.155. The van der Waals surface area contributed by atoms with Crippen molar-refractivity contribution in [2.24, 2.45) is 0 Å². The third-order valence-electron chi connectivity index (χ3n) is 3.56. The van der Waals surface area contributed by atoms with E-state index in [0.717, 1.165) is 17.7 Å². The van der Waals surface area contributed by atoms with E-state index in [1.54, 1.807) is 35.8 Å². The number of para-hydroxylation sites is 1. The topological polar surface area (TPSA) is 138 Å². The molecule has 0 saturated heterocycles. The number of nitrogens with one attached hydrogen (secondary N) is 1. The van der Waals surface area contributed by atoms with Crippen LogP contribution in [0.25, 0.3) is 5.69 Å². The number of hydrogen-bond acceptors (Lipinski definition) is 10. The first-order chi connectivity index (χ1) is 13.4. The number of benzene rings is 1. The summed E-state index contributed by atoms with van der Waals surface area (Å²) in [7, 11) is 0. The molecule has 28 heavy (non-hydrogen) atoms. The standard InChI is InChI=1S/C16H14N6O4S2/c1-2-26-15(23)11-14(20-13-10(22(24)25)12(17)18-8-19-13)21(16(27)28-11)9-6-4-3-5-7-9/h3-8H,2H2,1H3,(H3,17,18,19,20). The number of hydrogen-bond donors (Lipinski definition) is 2. The molecule has 3 rings (SSSR count). The van der Waals surface area contributed by atoms with Gasteiger partial charge in [-0.2, -0.15) is 0 Å². The summed E-state index contributed by atoms with van der Waals surface area (Å²) in [5.41, 5.74) is 5.78. The van der Waals surface area contributed by atoms with E-state index >= 15 is 0 Å². The second-order valence-electron chi connectivity index (χ2n) is 5.28. The number of anilines is 3. The number of carbonyl (C=O) groups excluding carboxylic acids is 1. The van der Waals surface area contributed by atoms with E-state index in [0.29, 0.717) is 9.64 Å². The fraction of sp³-hybridized carbons (Fsp3) is 0.125. The molecule has 1 aromatic carbocycles. The molecule has 3 aromatic rings. The van der Waals surface area contributed by atoms with Gasteiger partial charge < -0.3 is 15.8 Å². The molecule has 2 heterocycles. The molecule has 0 radical (unpaired) electrons. The SMILES string of the molecule is CCOC(=O)c1sc(=S)n(-c2ccccc2)c1Nc1ncnc(N)c1[N+](=O)[O-]. The molecule has 0 spiro atoms. The maximum Gasteiger partial charge on any atom is 0.353 e. The van der Waals surface area contributed by atoms with E-state index in [1.165, 1.54) is 0 Å². The minimum atomic E-state index is -0.699. The molecule has 144 valence electrons. The predicted octanol–water partition coefficient (Wildman–Crippen LogP) is 3.47. The first-order valence-electron chi connectivity index (χ1n) is 7.94. The van der Waals surface area contributed by atoms with Crippen molar-refractivity contribution >= 4 is 52.7 Å². The fourth-order valence-electron chi connectivity index (χ4n) is 2.41. The second kappa shape index (κ2) is 8.10. The summed E-state index contributed by atoms with van der Waals surface area (Å²) in [4.78, 5) is 30.8. The lowest BCUT2D eigenvalue weighted by atomic mass is 10.3. The number of ether oxygens (including phenoxy) is 1. The average Bonchev–Trinajstić information content (AvgIpc) is 2.98. The monoisotopic (exact) mass is 418 g/mol. The third-order valence-corrected chi connectivity index (χ3v) is 4.91. The summed E-state index contributed by atoms with van der Waals surface area (Å²) in [6.45, 7) is 1.84. The van der Waals surface area contributed by atoms with Crippen molar-refractivity contribution in [2.45, 2.75) is 6.92 Å². The van der Waals surface area contributed by atoms with Gasteiger partial charge in [-0.3, -0.25) is 14.7 Å². The van der Waals surface area contributed by atoms with E-state index < -0.39 is 16.6 Å². The number of esters is 1. The van der Waals surface area contributed by atoms with E-state index in [9.17, 15) is 14.9 Å². The summed E-state index contributed by atoms with van der Waals surface area (Å²) < 4.78 is 7.02. The molecule has 0 aliphatic heterocycles. The van der Waals surface area contributed by atoms with E-state index in [-0.39, 0.29) is 28.9 Å². The number of nitro groups is 1. The Labute approximate surface area is 167 Å². The second-order valence-corrected chi connectivity index (χ2v) is 6.92. The van der Waals surface area contributed by atoms with Crippen LogP contribution in [0.4, 0.5) is 23.1 Å². The van der Waals surface area contributed by atoms with Crippen LogP contribution >= 0.6 is 23.6 Å². The van der Waals surface area contributed by atoms with Crippen LogP contribution in [0.1, 0.15) is 16.6 Å². The lowest BCUT2D eigenvalue weighted by molar-refractivity contribution is -0.383. The molecule has 0 bridgehead atoms. The Morgan fingerprint density at radius 2 is 2.11 bits per heavy atom. The lowest BCUT2D eigenvalue weighted by Gasteiger charge is -2.12. The van der Waals surface area contributed by atoms with Crippen molar-refractivity contribution in [3.05, 3.63) is 55.6 Å². The van der Waals surface area contributed by atoms with Gasteiger partial charge in [0.05, 0.1) is 11.5 Å². The van der Waals surface area contributed by atoms with Gasteiger partial charge in [0.1, 0.15) is 12.1 Å². The molecule has 0 unspecified atom stereocenters. The van der Waals surface area contributed by atoms with Crippen molar-refractivity contribution in [3.8, 4) is 5.69 Å². The maximum atomic E-state index is 12.4. The zero-order chi connectivity index (χ0) is 20.3. The summed E-state index contributed by atoms with van der Waals surface area (Å²) in [6.07, 6.45) is 1.09. The number of rotatable bonds is 6. The third kappa shape index (κ3) is 3.68. The van der Waals surface area contributed by atoms with E-state index in [1.807, 2.05) is 6.07 Å². The predicted molar refractivity (Wildman–Crippen MR) is 107 cm³/mol. The normalized spacial score (nSPS) is 10.5. The highest BCUT2D eigenvalue weighted by atomic mass is 32.1. The highest BCUT2D eigenvalue weighted by molar-refractivity contribution is 7.73. The smallest absolute Gasteiger partial charge is 0.353 e. The van der Waals surface area contributed by atoms with Gasteiger partial charge in [0.2, 0.25) is 11.6 Å². The van der Waals surface area contributed by atoms with Crippen molar-refractivity contribution < 1.29 is 14.5 Å².